The number of fused-ring (bicyclic) bond motifs is 1. The van der Waals surface area contributed by atoms with E-state index in [1.54, 1.807) is 6.33 Å². The predicted molar refractivity (Wildman–Crippen MR) is 99.2 cm³/mol. The van der Waals surface area contributed by atoms with Crippen LogP contribution in [0.2, 0.25) is 0 Å². The molecule has 4 rings (SSSR count). The first-order valence-electron chi connectivity index (χ1n) is 8.85. The van der Waals surface area contributed by atoms with Gasteiger partial charge in [-0.3, -0.25) is 4.79 Å². The van der Waals surface area contributed by atoms with Crippen LogP contribution in [0.1, 0.15) is 40.2 Å². The fourth-order valence-corrected chi connectivity index (χ4v) is 3.47. The van der Waals surface area contributed by atoms with Crippen LogP contribution in [-0.4, -0.2) is 33.9 Å². The molecule has 1 aliphatic rings. The SMILES string of the molecule is CCOc1ccc(C(=O)N2Cc3[nH]cnc3C(c3ccccc3)C2)cc1. The molecule has 0 aliphatic carbocycles. The summed E-state index contributed by atoms with van der Waals surface area (Å²) in [6.45, 7) is 3.72. The molecule has 0 fully saturated rings. The Hall–Kier alpha value is -3.08. The highest BCUT2D eigenvalue weighted by Crippen LogP contribution is 2.32. The summed E-state index contributed by atoms with van der Waals surface area (Å²) < 4.78 is 5.46. The number of nitrogens with zero attached hydrogens (tertiary/aromatic N) is 2. The lowest BCUT2D eigenvalue weighted by atomic mass is 9.90. The van der Waals surface area contributed by atoms with Gasteiger partial charge >= 0.3 is 0 Å². The molecule has 1 aromatic heterocycles. The van der Waals surface area contributed by atoms with Crippen LogP contribution < -0.4 is 4.74 Å². The molecule has 0 spiro atoms. The van der Waals surface area contributed by atoms with Crippen LogP contribution in [0, 0.1) is 0 Å². The van der Waals surface area contributed by atoms with Crippen LogP contribution in [0.25, 0.3) is 0 Å². The third-order valence-electron chi connectivity index (χ3n) is 4.74. The van der Waals surface area contributed by atoms with E-state index in [-0.39, 0.29) is 11.8 Å². The van der Waals surface area contributed by atoms with Gasteiger partial charge in [0.2, 0.25) is 0 Å². The van der Waals surface area contributed by atoms with Gasteiger partial charge in [-0.2, -0.15) is 0 Å². The Morgan fingerprint density at radius 3 is 2.69 bits per heavy atom. The average molecular weight is 347 g/mol. The summed E-state index contributed by atoms with van der Waals surface area (Å²) in [5.74, 6) is 0.882. The van der Waals surface area contributed by atoms with Gasteiger partial charge in [-0.1, -0.05) is 30.3 Å². The molecule has 0 saturated heterocycles. The lowest BCUT2D eigenvalue weighted by Crippen LogP contribution is -2.38. The van der Waals surface area contributed by atoms with Crippen LogP contribution in [0.3, 0.4) is 0 Å². The Labute approximate surface area is 152 Å². The second-order valence-corrected chi connectivity index (χ2v) is 6.37. The van der Waals surface area contributed by atoms with Crippen molar-refractivity contribution in [1.29, 1.82) is 0 Å². The molecule has 5 nitrogen and oxygen atoms in total. The highest BCUT2D eigenvalue weighted by atomic mass is 16.5. The van der Waals surface area contributed by atoms with Crippen molar-refractivity contribution in [2.45, 2.75) is 19.4 Å². The van der Waals surface area contributed by atoms with E-state index in [9.17, 15) is 4.79 Å². The Kier molecular flexibility index (Phi) is 4.44. The first-order chi connectivity index (χ1) is 12.8. The summed E-state index contributed by atoms with van der Waals surface area (Å²) in [5.41, 5.74) is 3.88. The number of carbonyl (C=O) groups is 1. The quantitative estimate of drug-likeness (QED) is 0.784. The fraction of sp³-hybridized carbons (Fsp3) is 0.238. The summed E-state index contributed by atoms with van der Waals surface area (Å²) in [6, 6.07) is 17.6. The van der Waals surface area contributed by atoms with Crippen LogP contribution in [0.15, 0.2) is 60.9 Å². The average Bonchev–Trinajstić information content (AvgIpc) is 3.17. The zero-order chi connectivity index (χ0) is 17.9. The summed E-state index contributed by atoms with van der Waals surface area (Å²) in [7, 11) is 0. The van der Waals surface area contributed by atoms with Crippen molar-refractivity contribution in [3.05, 3.63) is 83.4 Å². The van der Waals surface area contributed by atoms with Gasteiger partial charge in [-0.15, -0.1) is 0 Å². The lowest BCUT2D eigenvalue weighted by molar-refractivity contribution is 0.0722. The van der Waals surface area contributed by atoms with E-state index in [1.807, 2.05) is 54.3 Å². The van der Waals surface area contributed by atoms with Crippen LogP contribution in [0.5, 0.6) is 5.75 Å². The van der Waals surface area contributed by atoms with Crippen LogP contribution in [-0.2, 0) is 6.54 Å². The molecular formula is C21H21N3O2. The molecule has 0 saturated carbocycles. The van der Waals surface area contributed by atoms with E-state index in [4.69, 9.17) is 4.74 Å². The number of benzene rings is 2. The Morgan fingerprint density at radius 1 is 1.19 bits per heavy atom. The van der Waals surface area contributed by atoms with Crippen molar-refractivity contribution < 1.29 is 9.53 Å². The molecule has 26 heavy (non-hydrogen) atoms. The first kappa shape index (κ1) is 16.4. The molecule has 0 radical (unpaired) electrons. The Bertz CT molecular complexity index is 887. The van der Waals surface area contributed by atoms with Crippen molar-refractivity contribution in [3.63, 3.8) is 0 Å². The van der Waals surface area contributed by atoms with Gasteiger partial charge in [0.05, 0.1) is 30.9 Å². The number of hydrogen-bond acceptors (Lipinski definition) is 3. The van der Waals surface area contributed by atoms with E-state index in [0.717, 1.165) is 17.1 Å². The Balaban J connectivity index is 1.60. The fourth-order valence-electron chi connectivity index (χ4n) is 3.47. The standard InChI is InChI=1S/C21H21N3O2/c1-2-26-17-10-8-16(9-11-17)21(25)24-12-18(15-6-4-3-5-7-15)20-19(13-24)22-14-23-20/h3-11,14,18H,2,12-13H2,1H3,(H,22,23). The minimum absolute atomic E-state index is 0.0224. The number of aromatic amines is 1. The smallest absolute Gasteiger partial charge is 0.254 e. The van der Waals surface area contributed by atoms with Gasteiger partial charge in [-0.25, -0.2) is 4.98 Å². The summed E-state index contributed by atoms with van der Waals surface area (Å²) >= 11 is 0. The highest BCUT2D eigenvalue weighted by Gasteiger charge is 2.31. The van der Waals surface area contributed by atoms with Crippen molar-refractivity contribution in [1.82, 2.24) is 14.9 Å². The van der Waals surface area contributed by atoms with Crippen LogP contribution in [0.4, 0.5) is 0 Å². The zero-order valence-electron chi connectivity index (χ0n) is 14.7. The summed E-state index contributed by atoms with van der Waals surface area (Å²) in [6.07, 6.45) is 1.71. The minimum Gasteiger partial charge on any atom is -0.494 e. The predicted octanol–water partition coefficient (Wildman–Crippen LogP) is 3.60. The maximum atomic E-state index is 13.0. The molecule has 2 aromatic carbocycles. The number of imidazole rings is 1. The molecule has 3 aromatic rings. The van der Waals surface area contributed by atoms with E-state index >= 15 is 0 Å². The lowest BCUT2D eigenvalue weighted by Gasteiger charge is -2.32. The molecular weight excluding hydrogens is 326 g/mol. The normalized spacial score (nSPS) is 16.2. The van der Waals surface area contributed by atoms with E-state index in [0.29, 0.717) is 25.3 Å². The maximum absolute atomic E-state index is 13.0. The number of H-pyrrole nitrogens is 1. The second kappa shape index (κ2) is 7.04. The van der Waals surface area contributed by atoms with E-state index in [1.165, 1.54) is 5.56 Å². The molecule has 132 valence electrons. The van der Waals surface area contributed by atoms with Gasteiger partial charge in [0, 0.05) is 18.0 Å². The van der Waals surface area contributed by atoms with E-state index in [2.05, 4.69) is 22.1 Å². The first-order valence-corrected chi connectivity index (χ1v) is 8.85. The molecule has 2 heterocycles. The summed E-state index contributed by atoms with van der Waals surface area (Å²) in [4.78, 5) is 22.6. The van der Waals surface area contributed by atoms with Gasteiger partial charge < -0.3 is 14.6 Å². The molecule has 1 atom stereocenters. The number of hydrogen-bond donors (Lipinski definition) is 1. The van der Waals surface area contributed by atoms with Gasteiger partial charge in [0.25, 0.3) is 5.91 Å². The monoisotopic (exact) mass is 347 g/mol. The number of ether oxygens (including phenoxy) is 1. The number of aromatic nitrogens is 2. The highest BCUT2D eigenvalue weighted by molar-refractivity contribution is 5.94. The third kappa shape index (κ3) is 3.08. The second-order valence-electron chi connectivity index (χ2n) is 6.37. The number of amides is 1. The largest absolute Gasteiger partial charge is 0.494 e. The van der Waals surface area contributed by atoms with Gasteiger partial charge in [0.1, 0.15) is 5.75 Å². The minimum atomic E-state index is 0.0224. The maximum Gasteiger partial charge on any atom is 0.254 e. The van der Waals surface area contributed by atoms with Crippen molar-refractivity contribution in [3.8, 4) is 5.75 Å². The van der Waals surface area contributed by atoms with Gasteiger partial charge in [0.15, 0.2) is 0 Å². The van der Waals surface area contributed by atoms with Crippen molar-refractivity contribution in [2.24, 2.45) is 0 Å². The number of nitrogens with one attached hydrogen (secondary N) is 1. The van der Waals surface area contributed by atoms with Gasteiger partial charge in [-0.05, 0) is 36.8 Å². The Morgan fingerprint density at radius 2 is 1.96 bits per heavy atom. The molecule has 0 bridgehead atoms. The molecule has 1 unspecified atom stereocenters. The number of rotatable bonds is 4. The number of carbonyl (C=O) groups excluding carboxylic acids is 1. The molecule has 5 heteroatoms. The molecule has 1 amide bonds. The van der Waals surface area contributed by atoms with E-state index < -0.39 is 0 Å². The summed E-state index contributed by atoms with van der Waals surface area (Å²) in [5, 5.41) is 0. The topological polar surface area (TPSA) is 58.2 Å². The van der Waals surface area contributed by atoms with Crippen molar-refractivity contribution >= 4 is 5.91 Å². The molecule has 1 N–H and O–H groups in total. The third-order valence-corrected chi connectivity index (χ3v) is 4.74. The van der Waals surface area contributed by atoms with Crippen molar-refractivity contribution in [2.75, 3.05) is 13.2 Å². The van der Waals surface area contributed by atoms with Crippen LogP contribution >= 0.6 is 0 Å². The zero-order valence-corrected chi connectivity index (χ0v) is 14.7. The molecule has 1 aliphatic heterocycles.